The minimum absolute atomic E-state index is 0.269. The standard InChI is InChI=1S/C8H17NO2/c1-2-3-7(4-5-9)6-8(10)11/h7H,2-6,9H2,1H3,(H,10,11)/t7-/m0/s1. The second-order valence-corrected chi connectivity index (χ2v) is 2.83. The van der Waals surface area contributed by atoms with E-state index >= 15 is 0 Å². The first-order valence-corrected chi connectivity index (χ1v) is 4.12. The molecule has 0 aliphatic heterocycles. The Morgan fingerprint density at radius 2 is 2.18 bits per heavy atom. The van der Waals surface area contributed by atoms with E-state index in [-0.39, 0.29) is 12.3 Å². The lowest BCUT2D eigenvalue weighted by atomic mass is 9.96. The molecule has 0 amide bonds. The zero-order valence-electron chi connectivity index (χ0n) is 7.05. The summed E-state index contributed by atoms with van der Waals surface area (Å²) in [5.41, 5.74) is 5.34. The Balaban J connectivity index is 3.59. The van der Waals surface area contributed by atoms with Crippen LogP contribution in [0.15, 0.2) is 0 Å². The molecule has 11 heavy (non-hydrogen) atoms. The molecule has 0 aromatic rings. The molecular weight excluding hydrogens is 142 g/mol. The zero-order valence-corrected chi connectivity index (χ0v) is 7.05. The van der Waals surface area contributed by atoms with Gasteiger partial charge in [-0.05, 0) is 18.9 Å². The molecule has 0 fully saturated rings. The van der Waals surface area contributed by atoms with Gasteiger partial charge in [0.15, 0.2) is 0 Å². The maximum atomic E-state index is 10.3. The maximum absolute atomic E-state index is 10.3. The summed E-state index contributed by atoms with van der Waals surface area (Å²) in [6.45, 7) is 2.66. The molecule has 3 nitrogen and oxygen atoms in total. The van der Waals surface area contributed by atoms with Crippen molar-refractivity contribution in [1.82, 2.24) is 0 Å². The molecule has 0 rings (SSSR count). The van der Waals surface area contributed by atoms with Gasteiger partial charge in [0.1, 0.15) is 0 Å². The minimum Gasteiger partial charge on any atom is -0.481 e. The summed E-state index contributed by atoms with van der Waals surface area (Å²) in [6.07, 6.45) is 3.12. The van der Waals surface area contributed by atoms with Gasteiger partial charge in [0.25, 0.3) is 0 Å². The molecule has 0 aromatic heterocycles. The third-order valence-corrected chi connectivity index (χ3v) is 1.74. The number of carboxylic acids is 1. The van der Waals surface area contributed by atoms with Crippen LogP contribution in [0.4, 0.5) is 0 Å². The first-order valence-electron chi connectivity index (χ1n) is 4.12. The van der Waals surface area contributed by atoms with Gasteiger partial charge in [-0.3, -0.25) is 4.79 Å². The van der Waals surface area contributed by atoms with Gasteiger partial charge in [-0.2, -0.15) is 0 Å². The Hall–Kier alpha value is -0.570. The van der Waals surface area contributed by atoms with Crippen LogP contribution >= 0.6 is 0 Å². The van der Waals surface area contributed by atoms with Crippen LogP contribution in [0, 0.1) is 5.92 Å². The minimum atomic E-state index is -0.711. The SMILES string of the molecule is CCC[C@@H](CCN)CC(=O)O. The highest BCUT2D eigenvalue weighted by atomic mass is 16.4. The van der Waals surface area contributed by atoms with E-state index in [1.165, 1.54) is 0 Å². The van der Waals surface area contributed by atoms with Gasteiger partial charge in [0, 0.05) is 6.42 Å². The molecule has 0 saturated carbocycles. The molecular formula is C8H17NO2. The molecule has 0 radical (unpaired) electrons. The number of rotatable bonds is 6. The van der Waals surface area contributed by atoms with Crippen LogP contribution in [0.2, 0.25) is 0 Å². The number of nitrogens with two attached hydrogens (primary N) is 1. The fraction of sp³-hybridized carbons (Fsp3) is 0.875. The quantitative estimate of drug-likeness (QED) is 0.612. The predicted octanol–water partition coefficient (Wildman–Crippen LogP) is 1.23. The summed E-state index contributed by atoms with van der Waals surface area (Å²) in [5.74, 6) is -0.431. The average molecular weight is 159 g/mol. The maximum Gasteiger partial charge on any atom is 0.303 e. The molecule has 0 spiro atoms. The van der Waals surface area contributed by atoms with E-state index in [4.69, 9.17) is 10.8 Å². The van der Waals surface area contributed by atoms with Gasteiger partial charge in [-0.25, -0.2) is 0 Å². The summed E-state index contributed by atoms with van der Waals surface area (Å²) >= 11 is 0. The monoisotopic (exact) mass is 159 g/mol. The summed E-state index contributed by atoms with van der Waals surface area (Å²) in [5, 5.41) is 8.50. The van der Waals surface area contributed by atoms with E-state index in [1.54, 1.807) is 0 Å². The molecule has 0 aliphatic rings. The summed E-state index contributed by atoms with van der Waals surface area (Å²) < 4.78 is 0. The van der Waals surface area contributed by atoms with Gasteiger partial charge < -0.3 is 10.8 Å². The van der Waals surface area contributed by atoms with Crippen molar-refractivity contribution >= 4 is 5.97 Å². The highest BCUT2D eigenvalue weighted by Gasteiger charge is 2.10. The number of aliphatic carboxylic acids is 1. The number of hydrogen-bond acceptors (Lipinski definition) is 2. The van der Waals surface area contributed by atoms with E-state index in [0.29, 0.717) is 6.54 Å². The zero-order chi connectivity index (χ0) is 8.69. The summed E-state index contributed by atoms with van der Waals surface area (Å²) in [6, 6.07) is 0. The summed E-state index contributed by atoms with van der Waals surface area (Å²) in [4.78, 5) is 10.3. The number of carbonyl (C=O) groups is 1. The lowest BCUT2D eigenvalue weighted by molar-refractivity contribution is -0.138. The molecule has 0 saturated heterocycles. The summed E-state index contributed by atoms with van der Waals surface area (Å²) in [7, 11) is 0. The van der Waals surface area contributed by atoms with Crippen molar-refractivity contribution in [2.75, 3.05) is 6.54 Å². The van der Waals surface area contributed by atoms with Gasteiger partial charge in [0.2, 0.25) is 0 Å². The fourth-order valence-corrected chi connectivity index (χ4v) is 1.24. The molecule has 66 valence electrons. The predicted molar refractivity (Wildman–Crippen MR) is 44.3 cm³/mol. The van der Waals surface area contributed by atoms with Crippen LogP contribution in [-0.2, 0) is 4.79 Å². The largest absolute Gasteiger partial charge is 0.481 e. The van der Waals surface area contributed by atoms with Gasteiger partial charge in [0.05, 0.1) is 0 Å². The van der Waals surface area contributed by atoms with E-state index in [2.05, 4.69) is 6.92 Å². The van der Waals surface area contributed by atoms with Gasteiger partial charge in [-0.1, -0.05) is 19.8 Å². The van der Waals surface area contributed by atoms with Crippen molar-refractivity contribution in [3.05, 3.63) is 0 Å². The van der Waals surface area contributed by atoms with Crippen molar-refractivity contribution in [3.63, 3.8) is 0 Å². The van der Waals surface area contributed by atoms with E-state index < -0.39 is 5.97 Å². The fourth-order valence-electron chi connectivity index (χ4n) is 1.24. The number of hydrogen-bond donors (Lipinski definition) is 2. The smallest absolute Gasteiger partial charge is 0.303 e. The van der Waals surface area contributed by atoms with Gasteiger partial charge >= 0.3 is 5.97 Å². The Morgan fingerprint density at radius 3 is 2.55 bits per heavy atom. The lowest BCUT2D eigenvalue weighted by Crippen LogP contribution is -2.12. The molecule has 0 bridgehead atoms. The number of carboxylic acid groups (broad SMARTS) is 1. The topological polar surface area (TPSA) is 63.3 Å². The van der Waals surface area contributed by atoms with Crippen LogP contribution < -0.4 is 5.73 Å². The third-order valence-electron chi connectivity index (χ3n) is 1.74. The Kier molecular flexibility index (Phi) is 5.84. The molecule has 3 N–H and O–H groups in total. The van der Waals surface area contributed by atoms with E-state index in [9.17, 15) is 4.79 Å². The first kappa shape index (κ1) is 10.4. The highest BCUT2D eigenvalue weighted by Crippen LogP contribution is 2.14. The second-order valence-electron chi connectivity index (χ2n) is 2.83. The van der Waals surface area contributed by atoms with E-state index in [1.807, 2.05) is 0 Å². The molecule has 0 heterocycles. The van der Waals surface area contributed by atoms with Crippen molar-refractivity contribution in [2.24, 2.45) is 11.7 Å². The van der Waals surface area contributed by atoms with Crippen molar-refractivity contribution in [2.45, 2.75) is 32.6 Å². The Morgan fingerprint density at radius 1 is 1.55 bits per heavy atom. The normalized spacial score (nSPS) is 12.9. The van der Waals surface area contributed by atoms with Crippen LogP contribution in [0.25, 0.3) is 0 Å². The van der Waals surface area contributed by atoms with Crippen LogP contribution in [0.1, 0.15) is 32.6 Å². The van der Waals surface area contributed by atoms with Crippen LogP contribution in [-0.4, -0.2) is 17.6 Å². The molecule has 0 unspecified atom stereocenters. The average Bonchev–Trinajstić information content (AvgIpc) is 1.87. The molecule has 0 aliphatic carbocycles. The third kappa shape index (κ3) is 5.85. The van der Waals surface area contributed by atoms with Crippen molar-refractivity contribution in [3.8, 4) is 0 Å². The van der Waals surface area contributed by atoms with Gasteiger partial charge in [-0.15, -0.1) is 0 Å². The molecule has 0 aromatic carbocycles. The highest BCUT2D eigenvalue weighted by molar-refractivity contribution is 5.66. The van der Waals surface area contributed by atoms with Crippen molar-refractivity contribution < 1.29 is 9.90 Å². The Bertz CT molecular complexity index is 109. The molecule has 1 atom stereocenters. The first-order chi connectivity index (χ1) is 5.20. The Labute approximate surface area is 67.6 Å². The van der Waals surface area contributed by atoms with Crippen LogP contribution in [0.3, 0.4) is 0 Å². The second kappa shape index (κ2) is 6.16. The van der Waals surface area contributed by atoms with Crippen molar-refractivity contribution in [1.29, 1.82) is 0 Å². The molecule has 3 heteroatoms. The van der Waals surface area contributed by atoms with Crippen LogP contribution in [0.5, 0.6) is 0 Å². The van der Waals surface area contributed by atoms with E-state index in [0.717, 1.165) is 19.3 Å². The lowest BCUT2D eigenvalue weighted by Gasteiger charge is -2.11.